The lowest BCUT2D eigenvalue weighted by Gasteiger charge is -2.11. The molecule has 0 aliphatic rings. The van der Waals surface area contributed by atoms with Crippen molar-refractivity contribution in [3.63, 3.8) is 0 Å². The molecule has 0 aliphatic carbocycles. The van der Waals surface area contributed by atoms with Crippen LogP contribution >= 0.6 is 0 Å². The molecule has 0 spiro atoms. The summed E-state index contributed by atoms with van der Waals surface area (Å²) in [7, 11) is 0. The predicted molar refractivity (Wildman–Crippen MR) is 191 cm³/mol. The minimum absolute atomic E-state index is 0.912. The molecule has 0 atom stereocenters. The number of aromatic nitrogens is 1. The van der Waals surface area contributed by atoms with Crippen LogP contribution in [-0.2, 0) is 0 Å². The predicted octanol–water partition coefficient (Wildman–Crippen LogP) is 12.2. The Labute approximate surface area is 264 Å². The third-order valence-corrected chi connectivity index (χ3v) is 9.47. The number of para-hydroxylation sites is 2. The fraction of sp³-hybridized carbons (Fsp3) is 0.0233. The molecule has 10 aromatic rings. The van der Waals surface area contributed by atoms with Crippen LogP contribution in [0, 0.1) is 6.92 Å². The molecular formula is C43H27NO2. The van der Waals surface area contributed by atoms with E-state index < -0.39 is 0 Å². The lowest BCUT2D eigenvalue weighted by Crippen LogP contribution is -1.94. The van der Waals surface area contributed by atoms with Crippen molar-refractivity contribution in [2.24, 2.45) is 0 Å². The summed E-state index contributed by atoms with van der Waals surface area (Å²) in [4.78, 5) is 0. The molecule has 46 heavy (non-hydrogen) atoms. The van der Waals surface area contributed by atoms with Gasteiger partial charge in [-0.2, -0.15) is 0 Å². The molecule has 0 saturated carbocycles. The molecule has 0 saturated heterocycles. The van der Waals surface area contributed by atoms with E-state index in [1.54, 1.807) is 0 Å². The number of rotatable bonds is 3. The Morgan fingerprint density at radius 1 is 0.413 bits per heavy atom. The van der Waals surface area contributed by atoms with Crippen LogP contribution < -0.4 is 0 Å². The third-order valence-electron chi connectivity index (χ3n) is 9.47. The molecular weight excluding hydrogens is 562 g/mol. The molecule has 10 rings (SSSR count). The van der Waals surface area contributed by atoms with Gasteiger partial charge in [-0.25, -0.2) is 0 Å². The van der Waals surface area contributed by atoms with Crippen LogP contribution in [0.1, 0.15) is 5.56 Å². The van der Waals surface area contributed by atoms with Crippen LogP contribution in [0.2, 0.25) is 0 Å². The number of nitrogens with zero attached hydrogens (tertiary/aromatic N) is 1. The smallest absolute Gasteiger partial charge is 0.136 e. The van der Waals surface area contributed by atoms with Crippen molar-refractivity contribution in [2.45, 2.75) is 6.92 Å². The van der Waals surface area contributed by atoms with Crippen molar-refractivity contribution >= 4 is 65.7 Å². The number of benzene rings is 7. The molecule has 3 aromatic heterocycles. The van der Waals surface area contributed by atoms with Crippen LogP contribution in [0.5, 0.6) is 0 Å². The minimum Gasteiger partial charge on any atom is -0.456 e. The van der Waals surface area contributed by atoms with Gasteiger partial charge < -0.3 is 13.4 Å². The topological polar surface area (TPSA) is 31.2 Å². The number of fused-ring (bicyclic) bond motifs is 9. The maximum atomic E-state index is 6.22. The molecule has 0 fully saturated rings. The summed E-state index contributed by atoms with van der Waals surface area (Å²) < 4.78 is 14.8. The molecule has 3 heteroatoms. The van der Waals surface area contributed by atoms with E-state index in [9.17, 15) is 0 Å². The van der Waals surface area contributed by atoms with Gasteiger partial charge in [-0.3, -0.25) is 0 Å². The Morgan fingerprint density at radius 2 is 0.935 bits per heavy atom. The van der Waals surface area contributed by atoms with Gasteiger partial charge in [-0.05, 0) is 89.8 Å². The average molecular weight is 590 g/mol. The highest BCUT2D eigenvalue weighted by Crippen LogP contribution is 2.41. The molecule has 0 amide bonds. The number of furan rings is 2. The zero-order chi connectivity index (χ0) is 30.4. The van der Waals surface area contributed by atoms with Crippen LogP contribution in [0.25, 0.3) is 93.6 Å². The molecule has 0 N–H and O–H groups in total. The van der Waals surface area contributed by atoms with Crippen molar-refractivity contribution < 1.29 is 8.83 Å². The second kappa shape index (κ2) is 9.47. The van der Waals surface area contributed by atoms with E-state index in [0.717, 1.165) is 49.6 Å². The third kappa shape index (κ3) is 3.60. The maximum absolute atomic E-state index is 6.22. The molecule has 0 unspecified atom stereocenters. The molecule has 7 aromatic carbocycles. The summed E-state index contributed by atoms with van der Waals surface area (Å²) >= 11 is 0. The first-order valence-electron chi connectivity index (χ1n) is 15.7. The summed E-state index contributed by atoms with van der Waals surface area (Å²) in [6, 6.07) is 51.8. The first kappa shape index (κ1) is 25.3. The van der Waals surface area contributed by atoms with Gasteiger partial charge in [0.2, 0.25) is 0 Å². The number of hydrogen-bond donors (Lipinski definition) is 0. The van der Waals surface area contributed by atoms with Gasteiger partial charge in [0.05, 0.1) is 11.0 Å². The molecule has 0 bridgehead atoms. The van der Waals surface area contributed by atoms with Gasteiger partial charge in [-0.1, -0.05) is 90.5 Å². The molecule has 216 valence electrons. The SMILES string of the molecule is Cc1ccc2c(c1)c1cc(-c3cccc4oc5ccccc5c34)ccc1n2-c1ccc(-c2cccc3oc4ccccc4c23)cc1. The highest BCUT2D eigenvalue weighted by Gasteiger charge is 2.17. The zero-order valence-electron chi connectivity index (χ0n) is 25.1. The molecule has 3 nitrogen and oxygen atoms in total. The maximum Gasteiger partial charge on any atom is 0.136 e. The van der Waals surface area contributed by atoms with Crippen molar-refractivity contribution in [1.82, 2.24) is 4.57 Å². The minimum atomic E-state index is 0.912. The quantitative estimate of drug-likeness (QED) is 0.205. The van der Waals surface area contributed by atoms with E-state index in [-0.39, 0.29) is 0 Å². The Bertz CT molecular complexity index is 2810. The standard InChI is InChI=1S/C43H27NO2/c1-26-16-22-36-34(24-26)35-25-28(31-11-7-15-41-43(31)33-9-3-5-13-39(33)46-41)19-23-37(35)44(36)29-20-17-27(18-21-29)30-10-6-14-40-42(30)32-8-2-4-12-38(32)45-40/h2-25H,1H3. The zero-order valence-corrected chi connectivity index (χ0v) is 25.1. The second-order valence-corrected chi connectivity index (χ2v) is 12.2. The molecule has 0 aliphatic heterocycles. The van der Waals surface area contributed by atoms with Gasteiger partial charge in [-0.15, -0.1) is 0 Å². The average Bonchev–Trinajstić information content (AvgIpc) is 3.77. The van der Waals surface area contributed by atoms with Crippen molar-refractivity contribution in [1.29, 1.82) is 0 Å². The first-order chi connectivity index (χ1) is 22.7. The van der Waals surface area contributed by atoms with E-state index in [1.165, 1.54) is 49.6 Å². The van der Waals surface area contributed by atoms with Crippen LogP contribution in [-0.4, -0.2) is 4.57 Å². The fourth-order valence-corrected chi connectivity index (χ4v) is 7.40. The molecule has 0 radical (unpaired) electrons. The lowest BCUT2D eigenvalue weighted by molar-refractivity contribution is 0.668. The Kier molecular flexibility index (Phi) is 5.20. The van der Waals surface area contributed by atoms with E-state index in [2.05, 4.69) is 133 Å². The monoisotopic (exact) mass is 589 g/mol. The van der Waals surface area contributed by atoms with Crippen LogP contribution in [0.4, 0.5) is 0 Å². The Morgan fingerprint density at radius 3 is 1.59 bits per heavy atom. The van der Waals surface area contributed by atoms with Crippen molar-refractivity contribution in [2.75, 3.05) is 0 Å². The lowest BCUT2D eigenvalue weighted by atomic mass is 9.97. The Balaban J connectivity index is 1.15. The second-order valence-electron chi connectivity index (χ2n) is 12.2. The van der Waals surface area contributed by atoms with Gasteiger partial charge in [0.1, 0.15) is 22.3 Å². The molecule has 3 heterocycles. The first-order valence-corrected chi connectivity index (χ1v) is 15.7. The largest absolute Gasteiger partial charge is 0.456 e. The van der Waals surface area contributed by atoms with E-state index in [0.29, 0.717) is 0 Å². The number of aryl methyl sites for hydroxylation is 1. The van der Waals surface area contributed by atoms with E-state index >= 15 is 0 Å². The summed E-state index contributed by atoms with van der Waals surface area (Å²) in [5.41, 5.74) is 13.1. The summed E-state index contributed by atoms with van der Waals surface area (Å²) in [6.45, 7) is 2.17. The number of hydrogen-bond acceptors (Lipinski definition) is 2. The fourth-order valence-electron chi connectivity index (χ4n) is 7.40. The summed E-state index contributed by atoms with van der Waals surface area (Å²) in [6.07, 6.45) is 0. The van der Waals surface area contributed by atoms with E-state index in [4.69, 9.17) is 8.83 Å². The van der Waals surface area contributed by atoms with Gasteiger partial charge in [0.25, 0.3) is 0 Å². The van der Waals surface area contributed by atoms with E-state index in [1.807, 2.05) is 24.3 Å². The van der Waals surface area contributed by atoms with Crippen molar-refractivity contribution in [3.8, 4) is 27.9 Å². The summed E-state index contributed by atoms with van der Waals surface area (Å²) in [5.74, 6) is 0. The Hall–Kier alpha value is -6.06. The summed E-state index contributed by atoms with van der Waals surface area (Å²) in [5, 5.41) is 7.09. The van der Waals surface area contributed by atoms with Crippen LogP contribution in [0.15, 0.2) is 154 Å². The highest BCUT2D eigenvalue weighted by molar-refractivity contribution is 6.15. The normalized spacial score (nSPS) is 12.0. The highest BCUT2D eigenvalue weighted by atomic mass is 16.3. The van der Waals surface area contributed by atoms with Gasteiger partial charge in [0.15, 0.2) is 0 Å². The van der Waals surface area contributed by atoms with Gasteiger partial charge >= 0.3 is 0 Å². The van der Waals surface area contributed by atoms with Gasteiger partial charge in [0, 0.05) is 38.0 Å². The van der Waals surface area contributed by atoms with Crippen LogP contribution in [0.3, 0.4) is 0 Å². The van der Waals surface area contributed by atoms with Crippen molar-refractivity contribution in [3.05, 3.63) is 151 Å².